The van der Waals surface area contributed by atoms with E-state index in [2.05, 4.69) is 9.88 Å². The standard InChI is InChI=1S/C30H26ClN3O3/c1-33(24-11-9-23(31)10-12-24)26-13-14-28(32-18-26)29(35)21-15-22(30(36)37)17-27(16-21)34(19-20-7-8-20)25-5-3-2-4-6-25/h2-6,9-18,20H,7-8,19H2,1H3,(H,36,37). The van der Waals surface area contributed by atoms with Gasteiger partial charge >= 0.3 is 5.97 Å². The predicted molar refractivity (Wildman–Crippen MR) is 147 cm³/mol. The summed E-state index contributed by atoms with van der Waals surface area (Å²) in [5.41, 5.74) is 3.98. The van der Waals surface area contributed by atoms with Crippen molar-refractivity contribution in [2.45, 2.75) is 12.8 Å². The highest BCUT2D eigenvalue weighted by Crippen LogP contribution is 2.36. The van der Waals surface area contributed by atoms with Crippen molar-refractivity contribution < 1.29 is 14.7 Å². The van der Waals surface area contributed by atoms with E-state index in [1.807, 2.05) is 72.6 Å². The van der Waals surface area contributed by atoms with E-state index in [4.69, 9.17) is 11.6 Å². The van der Waals surface area contributed by atoms with Gasteiger partial charge in [-0.05, 0) is 85.5 Å². The molecule has 0 saturated heterocycles. The highest BCUT2D eigenvalue weighted by molar-refractivity contribution is 6.30. The first-order chi connectivity index (χ1) is 17.9. The minimum Gasteiger partial charge on any atom is -0.478 e. The number of para-hydroxylation sites is 1. The van der Waals surface area contributed by atoms with Crippen LogP contribution in [0.1, 0.15) is 39.3 Å². The molecule has 3 aromatic carbocycles. The van der Waals surface area contributed by atoms with E-state index in [0.29, 0.717) is 16.6 Å². The lowest BCUT2D eigenvalue weighted by Gasteiger charge is -2.26. The fourth-order valence-corrected chi connectivity index (χ4v) is 4.35. The van der Waals surface area contributed by atoms with Crippen LogP contribution in [-0.2, 0) is 0 Å². The second kappa shape index (κ2) is 10.4. The van der Waals surface area contributed by atoms with Crippen LogP contribution in [-0.4, -0.2) is 35.4 Å². The summed E-state index contributed by atoms with van der Waals surface area (Å²) >= 11 is 5.99. The Kier molecular flexibility index (Phi) is 6.93. The van der Waals surface area contributed by atoms with Gasteiger partial charge in [0.15, 0.2) is 0 Å². The van der Waals surface area contributed by atoms with Gasteiger partial charge in [-0.3, -0.25) is 9.78 Å². The Hall–Kier alpha value is -4.16. The lowest BCUT2D eigenvalue weighted by Crippen LogP contribution is -2.21. The molecule has 0 amide bonds. The van der Waals surface area contributed by atoms with Gasteiger partial charge in [0.25, 0.3) is 0 Å². The molecule has 0 unspecified atom stereocenters. The molecule has 1 saturated carbocycles. The number of carboxylic acids is 1. The molecule has 1 N–H and O–H groups in total. The number of halogens is 1. The van der Waals surface area contributed by atoms with E-state index in [0.717, 1.165) is 36.4 Å². The molecule has 1 fully saturated rings. The lowest BCUT2D eigenvalue weighted by atomic mass is 10.0. The van der Waals surface area contributed by atoms with Crippen molar-refractivity contribution in [3.8, 4) is 0 Å². The molecule has 6 nitrogen and oxygen atoms in total. The maximum atomic E-state index is 13.5. The van der Waals surface area contributed by atoms with Crippen LogP contribution < -0.4 is 9.80 Å². The molecular formula is C30H26ClN3O3. The maximum Gasteiger partial charge on any atom is 0.335 e. The number of hydrogen-bond acceptors (Lipinski definition) is 5. The van der Waals surface area contributed by atoms with Crippen LogP contribution >= 0.6 is 11.6 Å². The van der Waals surface area contributed by atoms with E-state index in [-0.39, 0.29) is 22.6 Å². The van der Waals surface area contributed by atoms with Gasteiger partial charge in [-0.1, -0.05) is 29.8 Å². The quantitative estimate of drug-likeness (QED) is 0.244. The summed E-state index contributed by atoms with van der Waals surface area (Å²) in [6.45, 7) is 0.769. The van der Waals surface area contributed by atoms with E-state index in [1.54, 1.807) is 24.4 Å². The average molecular weight is 512 g/mol. The van der Waals surface area contributed by atoms with Crippen molar-refractivity contribution >= 4 is 46.1 Å². The van der Waals surface area contributed by atoms with Gasteiger partial charge in [0, 0.05) is 41.2 Å². The van der Waals surface area contributed by atoms with Crippen molar-refractivity contribution in [2.24, 2.45) is 5.92 Å². The molecule has 186 valence electrons. The zero-order valence-corrected chi connectivity index (χ0v) is 21.1. The number of aromatic carboxylic acids is 1. The summed E-state index contributed by atoms with van der Waals surface area (Å²) in [7, 11) is 1.91. The fourth-order valence-electron chi connectivity index (χ4n) is 4.23. The molecule has 0 aliphatic heterocycles. The summed E-state index contributed by atoms with van der Waals surface area (Å²) < 4.78 is 0. The van der Waals surface area contributed by atoms with Gasteiger partial charge in [0.05, 0.1) is 17.4 Å². The van der Waals surface area contributed by atoms with Gasteiger partial charge in [-0.15, -0.1) is 0 Å². The molecule has 4 aromatic rings. The van der Waals surface area contributed by atoms with Gasteiger partial charge in [0.2, 0.25) is 5.78 Å². The number of pyridine rings is 1. The Morgan fingerprint density at radius 2 is 1.54 bits per heavy atom. The van der Waals surface area contributed by atoms with Crippen molar-refractivity contribution in [3.05, 3.63) is 113 Å². The number of hydrogen-bond donors (Lipinski definition) is 1. The summed E-state index contributed by atoms with van der Waals surface area (Å²) in [4.78, 5) is 33.9. The average Bonchev–Trinajstić information content (AvgIpc) is 3.76. The minimum absolute atomic E-state index is 0.0664. The smallest absolute Gasteiger partial charge is 0.335 e. The lowest BCUT2D eigenvalue weighted by molar-refractivity contribution is 0.0697. The Morgan fingerprint density at radius 3 is 2.16 bits per heavy atom. The molecule has 0 spiro atoms. The number of carbonyl (C=O) groups excluding carboxylic acids is 1. The first-order valence-corrected chi connectivity index (χ1v) is 12.5. The second-order valence-corrected chi connectivity index (χ2v) is 9.67. The Balaban J connectivity index is 1.46. The largest absolute Gasteiger partial charge is 0.478 e. The molecule has 1 aliphatic rings. The first-order valence-electron chi connectivity index (χ1n) is 12.1. The van der Waals surface area contributed by atoms with Gasteiger partial charge in [0.1, 0.15) is 5.69 Å². The second-order valence-electron chi connectivity index (χ2n) is 9.23. The SMILES string of the molecule is CN(c1ccc(Cl)cc1)c1ccc(C(=O)c2cc(C(=O)O)cc(N(CC3CC3)c3ccccc3)c2)nc1. The third-order valence-corrected chi connectivity index (χ3v) is 6.78. The zero-order chi connectivity index (χ0) is 25.9. The van der Waals surface area contributed by atoms with Crippen molar-refractivity contribution in [1.29, 1.82) is 0 Å². The number of benzene rings is 3. The number of anilines is 4. The Labute approximate surface area is 220 Å². The van der Waals surface area contributed by atoms with Crippen molar-refractivity contribution in [1.82, 2.24) is 4.98 Å². The van der Waals surface area contributed by atoms with E-state index in [1.165, 1.54) is 6.07 Å². The molecule has 0 bridgehead atoms. The highest BCUT2D eigenvalue weighted by Gasteiger charge is 2.26. The molecule has 0 radical (unpaired) electrons. The third kappa shape index (κ3) is 5.65. The Morgan fingerprint density at radius 1 is 0.865 bits per heavy atom. The third-order valence-electron chi connectivity index (χ3n) is 6.53. The zero-order valence-electron chi connectivity index (χ0n) is 20.3. The number of rotatable bonds is 9. The molecule has 7 heteroatoms. The maximum absolute atomic E-state index is 13.5. The molecule has 5 rings (SSSR count). The van der Waals surface area contributed by atoms with E-state index < -0.39 is 5.97 Å². The topological polar surface area (TPSA) is 73.7 Å². The normalized spacial score (nSPS) is 12.7. The summed E-state index contributed by atoms with van der Waals surface area (Å²) in [5.74, 6) is -0.854. The van der Waals surface area contributed by atoms with Crippen LogP contribution in [0.25, 0.3) is 0 Å². The van der Waals surface area contributed by atoms with Crippen molar-refractivity contribution in [3.63, 3.8) is 0 Å². The predicted octanol–water partition coefficient (Wildman–Crippen LogP) is 6.98. The fraction of sp³-hybridized carbons (Fsp3) is 0.167. The number of aromatic nitrogens is 1. The van der Waals surface area contributed by atoms with Gasteiger partial charge < -0.3 is 14.9 Å². The number of ketones is 1. The van der Waals surface area contributed by atoms with Gasteiger partial charge in [-0.2, -0.15) is 0 Å². The van der Waals surface area contributed by atoms with Crippen LogP contribution in [0.3, 0.4) is 0 Å². The summed E-state index contributed by atoms with van der Waals surface area (Å²) in [6, 6.07) is 25.6. The van der Waals surface area contributed by atoms with Crippen molar-refractivity contribution in [2.75, 3.05) is 23.4 Å². The van der Waals surface area contributed by atoms with Crippen LogP contribution in [0.2, 0.25) is 5.02 Å². The molecule has 37 heavy (non-hydrogen) atoms. The summed E-state index contributed by atoms with van der Waals surface area (Å²) in [6.07, 6.45) is 3.93. The molecule has 0 atom stereocenters. The highest BCUT2D eigenvalue weighted by atomic mass is 35.5. The number of nitrogens with zero attached hydrogens (tertiary/aromatic N) is 3. The van der Waals surface area contributed by atoms with Gasteiger partial charge in [-0.25, -0.2) is 4.79 Å². The number of carboxylic acid groups (broad SMARTS) is 1. The van der Waals surface area contributed by atoms with Crippen LogP contribution in [0.15, 0.2) is 91.1 Å². The molecule has 1 aromatic heterocycles. The van der Waals surface area contributed by atoms with E-state index >= 15 is 0 Å². The van der Waals surface area contributed by atoms with Crippen LogP contribution in [0.4, 0.5) is 22.7 Å². The van der Waals surface area contributed by atoms with E-state index in [9.17, 15) is 14.7 Å². The number of carbonyl (C=O) groups is 2. The molecule has 1 aliphatic carbocycles. The minimum atomic E-state index is -1.08. The Bertz CT molecular complexity index is 1420. The summed E-state index contributed by atoms with van der Waals surface area (Å²) in [5, 5.41) is 10.5. The molecule has 1 heterocycles. The monoisotopic (exact) mass is 511 g/mol. The van der Waals surface area contributed by atoms with Crippen LogP contribution in [0.5, 0.6) is 0 Å². The van der Waals surface area contributed by atoms with Crippen LogP contribution in [0, 0.1) is 5.92 Å². The molecular weight excluding hydrogens is 486 g/mol. The first kappa shape index (κ1) is 24.5.